The lowest BCUT2D eigenvalue weighted by Crippen LogP contribution is -2.34. The first-order valence-electron chi connectivity index (χ1n) is 8.03. The van der Waals surface area contributed by atoms with Crippen LogP contribution < -0.4 is 9.64 Å². The maximum atomic E-state index is 14.4. The van der Waals surface area contributed by atoms with Crippen LogP contribution in [0.15, 0.2) is 29.3 Å². The van der Waals surface area contributed by atoms with Crippen LogP contribution >= 0.6 is 0 Å². The quantitative estimate of drug-likeness (QED) is 0.532. The molecule has 0 aliphatic carbocycles. The van der Waals surface area contributed by atoms with Crippen molar-refractivity contribution in [3.8, 4) is 5.88 Å². The fraction of sp³-hybridized carbons (Fsp3) is 0.235. The van der Waals surface area contributed by atoms with Crippen LogP contribution in [0.1, 0.15) is 5.56 Å². The summed E-state index contributed by atoms with van der Waals surface area (Å²) in [5.74, 6) is -6.09. The van der Waals surface area contributed by atoms with Gasteiger partial charge in [-0.1, -0.05) is 0 Å². The number of nitrogens with zero attached hydrogens (tertiary/aromatic N) is 3. The van der Waals surface area contributed by atoms with Crippen molar-refractivity contribution in [2.45, 2.75) is 11.4 Å². The fourth-order valence-electron chi connectivity index (χ4n) is 2.86. The Hall–Kier alpha value is -3.15. The van der Waals surface area contributed by atoms with Gasteiger partial charge in [-0.2, -0.15) is 0 Å². The summed E-state index contributed by atoms with van der Waals surface area (Å²) in [4.78, 5) is 28.6. The van der Waals surface area contributed by atoms with Crippen molar-refractivity contribution >= 4 is 27.5 Å². The Labute approximate surface area is 163 Å². The maximum Gasteiger partial charge on any atom is 0.332 e. The number of benzene rings is 1. The molecule has 1 aliphatic rings. The number of imide groups is 1. The SMILES string of the molecule is COc1cc(CN2CC(=O)N(c3cc(F)c(S(C)(=O)=O)c(F)c3F)C2=O)ccn1. The first-order chi connectivity index (χ1) is 13.5. The molecule has 0 N–H and O–H groups in total. The zero-order valence-corrected chi connectivity index (χ0v) is 16.0. The molecule has 29 heavy (non-hydrogen) atoms. The molecule has 0 bridgehead atoms. The number of hydrogen-bond donors (Lipinski definition) is 0. The normalized spacial score (nSPS) is 14.7. The van der Waals surface area contributed by atoms with Crippen LogP contribution in [0.25, 0.3) is 0 Å². The van der Waals surface area contributed by atoms with Crippen molar-refractivity contribution in [1.82, 2.24) is 9.88 Å². The summed E-state index contributed by atoms with van der Waals surface area (Å²) in [5, 5.41) is 0. The van der Waals surface area contributed by atoms with E-state index in [-0.39, 0.29) is 17.3 Å². The first kappa shape index (κ1) is 20.6. The molecule has 1 aromatic carbocycles. The lowest BCUT2D eigenvalue weighted by Gasteiger charge is -2.18. The van der Waals surface area contributed by atoms with E-state index in [0.717, 1.165) is 4.90 Å². The molecule has 1 aromatic heterocycles. The molecule has 1 aliphatic heterocycles. The molecule has 3 amide bonds. The van der Waals surface area contributed by atoms with Gasteiger partial charge in [-0.05, 0) is 11.6 Å². The van der Waals surface area contributed by atoms with Gasteiger partial charge in [0.15, 0.2) is 21.5 Å². The van der Waals surface area contributed by atoms with Gasteiger partial charge in [0, 0.05) is 31.1 Å². The molecular weight excluding hydrogens is 415 g/mol. The Bertz CT molecular complexity index is 1120. The second-order valence-electron chi connectivity index (χ2n) is 6.18. The zero-order chi connectivity index (χ0) is 21.5. The van der Waals surface area contributed by atoms with E-state index in [1.54, 1.807) is 6.07 Å². The number of rotatable bonds is 5. The highest BCUT2D eigenvalue weighted by Crippen LogP contribution is 2.32. The number of halogens is 3. The van der Waals surface area contributed by atoms with E-state index in [4.69, 9.17) is 4.74 Å². The first-order valence-corrected chi connectivity index (χ1v) is 9.92. The summed E-state index contributed by atoms with van der Waals surface area (Å²) >= 11 is 0. The average Bonchev–Trinajstić information content (AvgIpc) is 2.90. The summed E-state index contributed by atoms with van der Waals surface area (Å²) in [6.07, 6.45) is 1.92. The molecule has 0 atom stereocenters. The van der Waals surface area contributed by atoms with E-state index in [1.807, 2.05) is 0 Å². The number of anilines is 1. The van der Waals surface area contributed by atoms with Gasteiger partial charge in [0.05, 0.1) is 12.8 Å². The Morgan fingerprint density at radius 2 is 1.86 bits per heavy atom. The minimum Gasteiger partial charge on any atom is -0.481 e. The second kappa shape index (κ2) is 7.35. The van der Waals surface area contributed by atoms with Gasteiger partial charge in [0.25, 0.3) is 5.91 Å². The fourth-order valence-corrected chi connectivity index (χ4v) is 3.69. The molecule has 2 aromatic rings. The number of pyridine rings is 1. The molecule has 0 unspecified atom stereocenters. The van der Waals surface area contributed by atoms with E-state index in [0.29, 0.717) is 17.9 Å². The van der Waals surface area contributed by atoms with Gasteiger partial charge in [-0.3, -0.25) is 4.79 Å². The zero-order valence-electron chi connectivity index (χ0n) is 15.1. The van der Waals surface area contributed by atoms with Crippen molar-refractivity contribution in [3.63, 3.8) is 0 Å². The third-order valence-electron chi connectivity index (χ3n) is 4.13. The van der Waals surface area contributed by atoms with Gasteiger partial charge in [-0.25, -0.2) is 36.3 Å². The van der Waals surface area contributed by atoms with E-state index < -0.39 is 56.4 Å². The molecule has 0 radical (unpaired) electrons. The summed E-state index contributed by atoms with van der Waals surface area (Å²) in [6, 6.07) is 2.37. The van der Waals surface area contributed by atoms with Crippen molar-refractivity contribution in [1.29, 1.82) is 0 Å². The van der Waals surface area contributed by atoms with E-state index in [9.17, 15) is 31.2 Å². The van der Waals surface area contributed by atoms with Gasteiger partial charge >= 0.3 is 6.03 Å². The van der Waals surface area contributed by atoms with Crippen LogP contribution in [0.5, 0.6) is 5.88 Å². The monoisotopic (exact) mass is 429 g/mol. The number of aromatic nitrogens is 1. The van der Waals surface area contributed by atoms with Gasteiger partial charge < -0.3 is 9.64 Å². The van der Waals surface area contributed by atoms with Crippen LogP contribution in [0.2, 0.25) is 0 Å². The second-order valence-corrected chi connectivity index (χ2v) is 8.13. The minimum atomic E-state index is -4.42. The van der Waals surface area contributed by atoms with Crippen molar-refractivity contribution in [3.05, 3.63) is 47.4 Å². The summed E-state index contributed by atoms with van der Waals surface area (Å²) in [7, 11) is -3.03. The Morgan fingerprint density at radius 1 is 1.17 bits per heavy atom. The predicted molar refractivity (Wildman–Crippen MR) is 93.5 cm³/mol. The Balaban J connectivity index is 1.96. The average molecular weight is 429 g/mol. The number of amides is 3. The van der Waals surface area contributed by atoms with E-state index in [2.05, 4.69) is 4.98 Å². The van der Waals surface area contributed by atoms with Crippen molar-refractivity contribution in [2.75, 3.05) is 24.8 Å². The standard InChI is InChI=1S/C17H14F3N3O5S/c1-28-12-5-9(3-4-21-12)7-22-8-13(24)23(17(22)25)11-6-10(18)16(29(2,26)27)15(20)14(11)19/h3-6H,7-8H2,1-2H3. The topological polar surface area (TPSA) is 96.9 Å². The van der Waals surface area contributed by atoms with Crippen molar-refractivity contribution < 1.29 is 35.9 Å². The summed E-state index contributed by atoms with van der Waals surface area (Å²) < 4.78 is 70.7. The summed E-state index contributed by atoms with van der Waals surface area (Å²) in [6.45, 7) is -0.548. The minimum absolute atomic E-state index is 0.0754. The summed E-state index contributed by atoms with van der Waals surface area (Å²) in [5.41, 5.74) is -0.456. The molecule has 8 nitrogen and oxygen atoms in total. The lowest BCUT2D eigenvalue weighted by molar-refractivity contribution is -0.116. The predicted octanol–water partition coefficient (Wildman–Crippen LogP) is 1.88. The molecule has 3 rings (SSSR count). The molecule has 2 heterocycles. The number of carbonyl (C=O) groups is 2. The third-order valence-corrected chi connectivity index (χ3v) is 5.24. The maximum absolute atomic E-state index is 14.4. The van der Waals surface area contributed by atoms with Crippen LogP contribution in [0, 0.1) is 17.5 Å². The van der Waals surface area contributed by atoms with Crippen LogP contribution in [-0.4, -0.2) is 50.2 Å². The van der Waals surface area contributed by atoms with Crippen LogP contribution in [-0.2, 0) is 21.2 Å². The number of hydrogen-bond acceptors (Lipinski definition) is 6. The van der Waals surface area contributed by atoms with Gasteiger partial charge in [0.2, 0.25) is 5.88 Å². The Morgan fingerprint density at radius 3 is 2.48 bits per heavy atom. The molecule has 0 spiro atoms. The molecular formula is C17H14F3N3O5S. The van der Waals surface area contributed by atoms with Crippen LogP contribution in [0.3, 0.4) is 0 Å². The number of sulfone groups is 1. The molecule has 154 valence electrons. The highest BCUT2D eigenvalue weighted by atomic mass is 32.2. The number of carbonyl (C=O) groups excluding carboxylic acids is 2. The molecule has 0 saturated carbocycles. The highest BCUT2D eigenvalue weighted by Gasteiger charge is 2.40. The van der Waals surface area contributed by atoms with Gasteiger partial charge in [-0.15, -0.1) is 0 Å². The molecule has 1 saturated heterocycles. The third kappa shape index (κ3) is 3.75. The lowest BCUT2D eigenvalue weighted by atomic mass is 10.2. The van der Waals surface area contributed by atoms with E-state index >= 15 is 0 Å². The highest BCUT2D eigenvalue weighted by molar-refractivity contribution is 7.90. The van der Waals surface area contributed by atoms with E-state index in [1.165, 1.54) is 19.4 Å². The largest absolute Gasteiger partial charge is 0.481 e. The number of ether oxygens (including phenoxy) is 1. The number of methoxy groups -OCH3 is 1. The molecule has 12 heteroatoms. The Kier molecular flexibility index (Phi) is 5.22. The molecule has 1 fully saturated rings. The smallest absolute Gasteiger partial charge is 0.332 e. The van der Waals surface area contributed by atoms with Crippen molar-refractivity contribution in [2.24, 2.45) is 0 Å². The van der Waals surface area contributed by atoms with Crippen LogP contribution in [0.4, 0.5) is 23.7 Å². The van der Waals surface area contributed by atoms with Gasteiger partial charge in [0.1, 0.15) is 17.3 Å². The number of urea groups is 1.